The quantitative estimate of drug-likeness (QED) is 0.346. The van der Waals surface area contributed by atoms with E-state index in [0.29, 0.717) is 29.7 Å². The smallest absolute Gasteiger partial charge is 0.319 e. The first kappa shape index (κ1) is 23.9. The Balaban J connectivity index is 1.42. The lowest BCUT2D eigenvalue weighted by molar-refractivity contribution is 0.240. The number of hydrogen-bond donors (Lipinski definition) is 2. The topological polar surface area (TPSA) is 63.2 Å². The zero-order valence-electron chi connectivity index (χ0n) is 19.9. The zero-order chi connectivity index (χ0) is 24.2. The molecular weight excluding hydrogens is 478 g/mol. The number of thiazole rings is 1. The zero-order valence-corrected chi connectivity index (χ0v) is 21.4. The normalized spacial score (nSPS) is 18.8. The summed E-state index contributed by atoms with van der Waals surface area (Å²) in [5, 5.41) is 9.78. The Bertz CT molecular complexity index is 1220. The van der Waals surface area contributed by atoms with Crippen LogP contribution in [-0.4, -0.2) is 11.0 Å². The van der Waals surface area contributed by atoms with Crippen molar-refractivity contribution in [2.24, 2.45) is 0 Å². The number of ether oxygens (including phenoxy) is 1. The van der Waals surface area contributed by atoms with Crippen molar-refractivity contribution in [2.45, 2.75) is 64.0 Å². The third-order valence-corrected chi connectivity index (χ3v) is 8.00. The van der Waals surface area contributed by atoms with Crippen molar-refractivity contribution in [2.75, 3.05) is 0 Å². The number of urea groups is 1. The Morgan fingerprint density at radius 2 is 1.91 bits per heavy atom. The predicted molar refractivity (Wildman–Crippen MR) is 142 cm³/mol. The van der Waals surface area contributed by atoms with Crippen LogP contribution >= 0.6 is 22.9 Å². The molecule has 1 unspecified atom stereocenters. The first-order valence-electron chi connectivity index (χ1n) is 12.3. The van der Waals surface area contributed by atoms with Crippen LogP contribution in [0.15, 0.2) is 59.6 Å². The van der Waals surface area contributed by atoms with Gasteiger partial charge in [-0.15, -0.1) is 11.3 Å². The molecular formula is C28H30ClN3O2S. The molecule has 1 aromatic heterocycles. The van der Waals surface area contributed by atoms with E-state index >= 15 is 0 Å². The number of halogens is 1. The number of carbonyl (C=O) groups is 1. The molecule has 1 fully saturated rings. The number of amides is 2. The van der Waals surface area contributed by atoms with Gasteiger partial charge in [0.2, 0.25) is 0 Å². The van der Waals surface area contributed by atoms with Crippen LogP contribution in [0.25, 0.3) is 5.57 Å². The summed E-state index contributed by atoms with van der Waals surface area (Å²) in [6.07, 6.45) is 7.00. The number of carbonyl (C=O) groups excluding carboxylic acids is 1. The average molecular weight is 508 g/mol. The maximum Gasteiger partial charge on any atom is 0.319 e. The van der Waals surface area contributed by atoms with Crippen LogP contribution in [0.4, 0.5) is 4.79 Å². The molecule has 35 heavy (non-hydrogen) atoms. The minimum Gasteiger partial charge on any atom is -0.487 e. The second-order valence-electron chi connectivity index (χ2n) is 9.15. The van der Waals surface area contributed by atoms with Gasteiger partial charge in [0.1, 0.15) is 17.4 Å². The van der Waals surface area contributed by atoms with E-state index < -0.39 is 0 Å². The Labute approximate surface area is 215 Å². The molecule has 2 heterocycles. The molecule has 0 spiro atoms. The Morgan fingerprint density at radius 3 is 2.66 bits per heavy atom. The minimum absolute atomic E-state index is 0.208. The van der Waals surface area contributed by atoms with Gasteiger partial charge in [-0.3, -0.25) is 0 Å². The van der Waals surface area contributed by atoms with E-state index in [1.807, 2.05) is 48.5 Å². The van der Waals surface area contributed by atoms with Gasteiger partial charge in [0.25, 0.3) is 0 Å². The molecule has 1 aliphatic heterocycles. The van der Waals surface area contributed by atoms with Crippen molar-refractivity contribution >= 4 is 34.5 Å². The van der Waals surface area contributed by atoms with Crippen LogP contribution < -0.4 is 15.4 Å². The summed E-state index contributed by atoms with van der Waals surface area (Å²) >= 11 is 8.30. The number of allylic oxidation sites excluding steroid dienone is 1. The first-order chi connectivity index (χ1) is 17.1. The molecule has 2 aromatic carbocycles. The summed E-state index contributed by atoms with van der Waals surface area (Å²) in [6.45, 7) is 2.50. The third kappa shape index (κ3) is 5.39. The van der Waals surface area contributed by atoms with E-state index in [-0.39, 0.29) is 12.1 Å². The van der Waals surface area contributed by atoms with Gasteiger partial charge in [-0.2, -0.15) is 0 Å². The van der Waals surface area contributed by atoms with Gasteiger partial charge in [0.15, 0.2) is 0 Å². The number of rotatable bonds is 7. The average Bonchev–Trinajstić information content (AvgIpc) is 3.38. The van der Waals surface area contributed by atoms with Crippen molar-refractivity contribution in [1.29, 1.82) is 0 Å². The predicted octanol–water partition coefficient (Wildman–Crippen LogP) is 7.60. The second kappa shape index (κ2) is 10.8. The molecule has 1 aliphatic carbocycles. The van der Waals surface area contributed by atoms with Gasteiger partial charge >= 0.3 is 6.03 Å². The van der Waals surface area contributed by atoms with Gasteiger partial charge in [0.05, 0.1) is 16.8 Å². The van der Waals surface area contributed by atoms with Crippen LogP contribution in [0.3, 0.4) is 0 Å². The fourth-order valence-corrected chi connectivity index (χ4v) is 6.19. The molecule has 2 N–H and O–H groups in total. The fraction of sp³-hybridized carbons (Fsp3) is 0.357. The summed E-state index contributed by atoms with van der Waals surface area (Å²) < 4.78 is 5.96. The molecule has 7 heteroatoms. The number of hydrogen-bond acceptors (Lipinski definition) is 4. The van der Waals surface area contributed by atoms with Crippen LogP contribution in [0, 0.1) is 0 Å². The molecule has 5 rings (SSSR count). The van der Waals surface area contributed by atoms with Crippen LogP contribution in [0.5, 0.6) is 5.75 Å². The van der Waals surface area contributed by atoms with E-state index in [1.165, 1.54) is 37.8 Å². The van der Waals surface area contributed by atoms with E-state index in [2.05, 4.69) is 22.9 Å². The monoisotopic (exact) mass is 507 g/mol. The molecule has 0 bridgehead atoms. The molecule has 2 aliphatic rings. The van der Waals surface area contributed by atoms with E-state index in [0.717, 1.165) is 27.4 Å². The molecule has 0 saturated heterocycles. The standard InChI is InChI=1S/C28H30ClN3O2S/c1-2-22-25(27-30-23(17-35-27)19-11-7-4-8-12-19)26(32-28(33)31-22)20-13-14-24(21(29)15-20)34-16-18-9-5-3-6-10-18/h3,5-6,9-10,13-15,17,19,26H,2,4,7-8,11-12,16H2,1H3,(H2,31,32,33). The summed E-state index contributed by atoms with van der Waals surface area (Å²) in [7, 11) is 0. The number of nitrogens with zero attached hydrogens (tertiary/aromatic N) is 1. The van der Waals surface area contributed by atoms with Crippen LogP contribution in [0.1, 0.15) is 79.2 Å². The van der Waals surface area contributed by atoms with Gasteiger partial charge < -0.3 is 15.4 Å². The van der Waals surface area contributed by atoms with Gasteiger partial charge in [0, 0.05) is 22.6 Å². The number of benzene rings is 2. The molecule has 0 radical (unpaired) electrons. The first-order valence-corrected chi connectivity index (χ1v) is 13.6. The molecule has 1 saturated carbocycles. The highest BCUT2D eigenvalue weighted by atomic mass is 35.5. The van der Waals surface area contributed by atoms with Gasteiger partial charge in [-0.05, 0) is 42.5 Å². The van der Waals surface area contributed by atoms with Crippen molar-refractivity contribution in [3.8, 4) is 5.75 Å². The summed E-state index contributed by atoms with van der Waals surface area (Å²) in [5.41, 5.74) is 5.10. The molecule has 5 nitrogen and oxygen atoms in total. The molecule has 1 atom stereocenters. The van der Waals surface area contributed by atoms with Gasteiger partial charge in [-0.25, -0.2) is 9.78 Å². The number of nitrogens with one attached hydrogen (secondary N) is 2. The van der Waals surface area contributed by atoms with E-state index in [4.69, 9.17) is 21.3 Å². The van der Waals surface area contributed by atoms with Crippen molar-refractivity contribution in [1.82, 2.24) is 15.6 Å². The van der Waals surface area contributed by atoms with Crippen LogP contribution in [-0.2, 0) is 6.61 Å². The summed E-state index contributed by atoms with van der Waals surface area (Å²) in [6, 6.07) is 15.2. The van der Waals surface area contributed by atoms with E-state index in [9.17, 15) is 4.79 Å². The van der Waals surface area contributed by atoms with Crippen molar-refractivity contribution in [3.63, 3.8) is 0 Å². The largest absolute Gasteiger partial charge is 0.487 e. The minimum atomic E-state index is -0.329. The third-order valence-electron chi connectivity index (χ3n) is 6.81. The lowest BCUT2D eigenvalue weighted by Gasteiger charge is -2.29. The maximum absolute atomic E-state index is 12.5. The SMILES string of the molecule is CCC1=C(c2nc(C3CCCCC3)cs2)C(c2ccc(OCc3ccccc3)c(Cl)c2)NC(=O)N1. The highest BCUT2D eigenvalue weighted by Gasteiger charge is 2.31. The molecule has 2 amide bonds. The molecule has 182 valence electrons. The highest BCUT2D eigenvalue weighted by molar-refractivity contribution is 7.10. The fourth-order valence-electron chi connectivity index (χ4n) is 4.94. The summed E-state index contributed by atoms with van der Waals surface area (Å²) in [4.78, 5) is 17.6. The Kier molecular flexibility index (Phi) is 7.40. The van der Waals surface area contributed by atoms with Crippen molar-refractivity contribution < 1.29 is 9.53 Å². The molecule has 3 aromatic rings. The second-order valence-corrected chi connectivity index (χ2v) is 10.4. The van der Waals surface area contributed by atoms with Crippen LogP contribution in [0.2, 0.25) is 5.02 Å². The summed E-state index contributed by atoms with van der Waals surface area (Å²) in [5.74, 6) is 1.16. The Hall–Kier alpha value is -2.83. The highest BCUT2D eigenvalue weighted by Crippen LogP contribution is 2.41. The van der Waals surface area contributed by atoms with E-state index in [1.54, 1.807) is 11.3 Å². The lowest BCUT2D eigenvalue weighted by atomic mass is 9.87. The maximum atomic E-state index is 12.5. The Morgan fingerprint density at radius 1 is 1.11 bits per heavy atom. The lowest BCUT2D eigenvalue weighted by Crippen LogP contribution is -2.43. The van der Waals surface area contributed by atoms with Crippen molar-refractivity contribution in [3.05, 3.63) is 86.5 Å². The number of aromatic nitrogens is 1. The van der Waals surface area contributed by atoms with Gasteiger partial charge in [-0.1, -0.05) is 74.2 Å².